The second-order valence-electron chi connectivity index (χ2n) is 16.4. The van der Waals surface area contributed by atoms with Crippen LogP contribution in [0.2, 0.25) is 0 Å². The monoisotopic (exact) mass is 959 g/mol. The number of halogens is 6. The second-order valence-corrected chi connectivity index (χ2v) is 16.4. The van der Waals surface area contributed by atoms with E-state index in [4.69, 9.17) is 4.74 Å². The van der Waals surface area contributed by atoms with Gasteiger partial charge in [0, 0.05) is 25.7 Å². The maximum Gasteiger partial charge on any atom is 0.416 e. The molecule has 19 heteroatoms. The van der Waals surface area contributed by atoms with Crippen molar-refractivity contribution in [3.63, 3.8) is 0 Å². The van der Waals surface area contributed by atoms with Crippen molar-refractivity contribution in [3.05, 3.63) is 172 Å². The number of carboxylic acids is 1. The minimum Gasteiger partial charge on any atom is -0.484 e. The molecular formula is C50H47F6N5O8. The van der Waals surface area contributed by atoms with Gasteiger partial charge < -0.3 is 36.4 Å². The molecule has 2 aliphatic rings. The minimum atomic E-state index is -4.65. The van der Waals surface area contributed by atoms with Crippen molar-refractivity contribution in [1.82, 2.24) is 26.6 Å². The second kappa shape index (κ2) is 22.9. The average molecular weight is 960 g/mol. The van der Waals surface area contributed by atoms with Gasteiger partial charge in [-0.3, -0.25) is 24.0 Å². The molecule has 2 heterocycles. The van der Waals surface area contributed by atoms with Gasteiger partial charge in [-0.1, -0.05) is 97.1 Å². The Morgan fingerprint density at radius 1 is 0.594 bits per heavy atom. The van der Waals surface area contributed by atoms with Crippen LogP contribution in [0.1, 0.15) is 45.4 Å². The van der Waals surface area contributed by atoms with E-state index in [2.05, 4.69) is 26.6 Å². The number of hydrogen-bond acceptors (Lipinski definition) is 7. The molecule has 0 spiro atoms. The number of fused-ring (bicyclic) bond motifs is 16. The third-order valence-corrected chi connectivity index (χ3v) is 11.2. The highest BCUT2D eigenvalue weighted by atomic mass is 19.4. The maximum absolute atomic E-state index is 14.5. The summed E-state index contributed by atoms with van der Waals surface area (Å²) < 4.78 is 86.1. The lowest BCUT2D eigenvalue weighted by Gasteiger charge is -2.27. The lowest BCUT2D eigenvalue weighted by molar-refractivity contribution is -0.142. The molecule has 13 nitrogen and oxygen atoms in total. The molecule has 6 N–H and O–H groups in total. The van der Waals surface area contributed by atoms with E-state index in [1.165, 1.54) is 36.4 Å². The van der Waals surface area contributed by atoms with Gasteiger partial charge >= 0.3 is 18.3 Å². The highest BCUT2D eigenvalue weighted by molar-refractivity contribution is 5.96. The summed E-state index contributed by atoms with van der Waals surface area (Å²) in [5.74, 6) is -5.74. The average Bonchev–Trinajstić information content (AvgIpc) is 3.31. The molecule has 0 aliphatic carbocycles. The van der Waals surface area contributed by atoms with Gasteiger partial charge in [0.15, 0.2) is 6.61 Å². The molecule has 69 heavy (non-hydrogen) atoms. The molecule has 0 saturated heterocycles. The minimum absolute atomic E-state index is 0.0794. The molecular weight excluding hydrogens is 913 g/mol. The zero-order chi connectivity index (χ0) is 49.7. The highest BCUT2D eigenvalue weighted by Crippen LogP contribution is 2.30. The van der Waals surface area contributed by atoms with Crippen molar-refractivity contribution >= 4 is 35.5 Å². The molecule has 2 bridgehead atoms. The normalized spacial score (nSPS) is 19.0. The van der Waals surface area contributed by atoms with Crippen molar-refractivity contribution in [2.75, 3.05) is 6.61 Å². The Hall–Kier alpha value is -7.70. The number of carbonyl (C=O) groups is 6. The van der Waals surface area contributed by atoms with Crippen molar-refractivity contribution in [2.24, 2.45) is 0 Å². The lowest BCUT2D eigenvalue weighted by Crippen LogP contribution is -2.60. The summed E-state index contributed by atoms with van der Waals surface area (Å²) in [5.41, 5.74) is 0.248. The number of aryl methyl sites for hydroxylation is 1. The maximum atomic E-state index is 14.5. The van der Waals surface area contributed by atoms with Gasteiger partial charge in [-0.15, -0.1) is 0 Å². The van der Waals surface area contributed by atoms with Crippen molar-refractivity contribution in [1.29, 1.82) is 0 Å². The van der Waals surface area contributed by atoms with Crippen LogP contribution in [-0.2, 0) is 73.2 Å². The number of aliphatic carboxylic acids is 1. The molecule has 362 valence electrons. The quantitative estimate of drug-likeness (QED) is 0.0695. The first kappa shape index (κ1) is 50.7. The van der Waals surface area contributed by atoms with Gasteiger partial charge in [0.05, 0.1) is 11.1 Å². The van der Waals surface area contributed by atoms with Crippen LogP contribution in [0.15, 0.2) is 133 Å². The van der Waals surface area contributed by atoms with Gasteiger partial charge in [-0.2, -0.15) is 26.3 Å². The summed E-state index contributed by atoms with van der Waals surface area (Å²) in [6.07, 6.45) is -10.5. The van der Waals surface area contributed by atoms with E-state index in [0.717, 1.165) is 36.4 Å². The molecule has 7 rings (SSSR count). The molecule has 5 aromatic rings. The Morgan fingerprint density at radius 3 is 1.61 bits per heavy atom. The van der Waals surface area contributed by atoms with Crippen molar-refractivity contribution < 1.29 is 65.0 Å². The summed E-state index contributed by atoms with van der Waals surface area (Å²) in [6, 6.07) is 23.4. The molecule has 5 atom stereocenters. The number of rotatable bonds is 12. The molecule has 0 aromatic heterocycles. The Bertz CT molecular complexity index is 2560. The Morgan fingerprint density at radius 2 is 1.07 bits per heavy atom. The number of benzene rings is 5. The van der Waals surface area contributed by atoms with Crippen LogP contribution in [0, 0.1) is 0 Å². The summed E-state index contributed by atoms with van der Waals surface area (Å²) in [5, 5.41) is 23.0. The predicted molar refractivity (Wildman–Crippen MR) is 238 cm³/mol. The molecule has 5 aromatic carbocycles. The predicted octanol–water partition coefficient (Wildman–Crippen LogP) is 5.53. The highest BCUT2D eigenvalue weighted by Gasteiger charge is 2.35. The largest absolute Gasteiger partial charge is 0.484 e. The standard InChI is InChI=1S/C50H47F6N5O8/c51-49(52,53)35-18-11-30(12-19-35)17-24-38-44(63)59-41(47(66)61-42(48(67)68)28-32-9-5-2-6-10-32)27-34-15-22-37(23-16-34)69-29-43(62)57-39(26-33-13-20-36(21-14-33)50(54,55)56)45(64)60-40(46(65)58-38)25-31-7-3-1-4-8-31/h1-16,18-23,38-42H,17,24-29H2,(H,57,62)(H,58,65)(H,59,63)(H,60,64)(H,61,66)(H,67,68)/t38-,39-,40+,41+,42+/m1/s1. The third kappa shape index (κ3) is 15.2. The van der Waals surface area contributed by atoms with E-state index in [1.807, 2.05) is 0 Å². The fourth-order valence-electron chi connectivity index (χ4n) is 7.46. The van der Waals surface area contributed by atoms with E-state index in [-0.39, 0.29) is 49.8 Å². The SMILES string of the molecule is O=C1COc2ccc(cc2)C[C@@H](C(=O)N[C@@H](Cc2ccccc2)C(=O)O)NC(=O)[C@@H](CCc2ccc(C(F)(F)F)cc2)NC(=O)[C@H](Cc2ccccc2)NC(=O)[C@@H](Cc2ccc(C(F)(F)F)cc2)N1. The first-order valence-electron chi connectivity index (χ1n) is 21.7. The van der Waals surface area contributed by atoms with Crippen LogP contribution in [0.25, 0.3) is 0 Å². The lowest BCUT2D eigenvalue weighted by atomic mass is 9.99. The molecule has 0 radical (unpaired) electrons. The number of alkyl halides is 6. The summed E-state index contributed by atoms with van der Waals surface area (Å²) >= 11 is 0. The van der Waals surface area contributed by atoms with Crippen LogP contribution in [0.3, 0.4) is 0 Å². The van der Waals surface area contributed by atoms with Gasteiger partial charge in [0.1, 0.15) is 36.0 Å². The van der Waals surface area contributed by atoms with Crippen LogP contribution < -0.4 is 31.3 Å². The molecule has 2 aliphatic heterocycles. The molecule has 0 unspecified atom stereocenters. The summed E-state index contributed by atoms with van der Waals surface area (Å²) in [6.45, 7) is -0.635. The number of carboxylic acid groups (broad SMARTS) is 1. The van der Waals surface area contributed by atoms with Crippen LogP contribution in [-0.4, -0.2) is 77.4 Å². The molecule has 0 saturated carbocycles. The van der Waals surface area contributed by atoms with Crippen LogP contribution in [0.5, 0.6) is 5.75 Å². The van der Waals surface area contributed by atoms with Gasteiger partial charge in [0.25, 0.3) is 5.91 Å². The van der Waals surface area contributed by atoms with Crippen LogP contribution >= 0.6 is 0 Å². The van der Waals surface area contributed by atoms with Crippen LogP contribution in [0.4, 0.5) is 26.3 Å². The fourth-order valence-corrected chi connectivity index (χ4v) is 7.46. The van der Waals surface area contributed by atoms with E-state index >= 15 is 0 Å². The topological polar surface area (TPSA) is 192 Å². The van der Waals surface area contributed by atoms with Gasteiger partial charge in [0.2, 0.25) is 23.6 Å². The van der Waals surface area contributed by atoms with E-state index in [0.29, 0.717) is 22.3 Å². The number of ether oxygens (including phenoxy) is 1. The zero-order valence-corrected chi connectivity index (χ0v) is 36.6. The Kier molecular flexibility index (Phi) is 16.8. The zero-order valence-electron chi connectivity index (χ0n) is 36.6. The van der Waals surface area contributed by atoms with Gasteiger partial charge in [-0.05, 0) is 77.1 Å². The Balaban J connectivity index is 1.36. The summed E-state index contributed by atoms with van der Waals surface area (Å²) in [4.78, 5) is 83.1. The fraction of sp³-hybridized carbons (Fsp3) is 0.280. The van der Waals surface area contributed by atoms with E-state index < -0.39 is 95.8 Å². The summed E-state index contributed by atoms with van der Waals surface area (Å²) in [7, 11) is 0. The number of carbonyl (C=O) groups excluding carboxylic acids is 5. The molecule has 0 fully saturated rings. The molecule has 5 amide bonds. The first-order chi connectivity index (χ1) is 32.8. The number of nitrogens with one attached hydrogen (secondary N) is 5. The number of hydrogen-bond donors (Lipinski definition) is 6. The third-order valence-electron chi connectivity index (χ3n) is 11.2. The Labute approximate surface area is 392 Å². The van der Waals surface area contributed by atoms with Crippen molar-refractivity contribution in [2.45, 2.75) is 81.1 Å². The van der Waals surface area contributed by atoms with E-state index in [9.17, 15) is 60.2 Å². The number of amides is 5. The first-order valence-corrected chi connectivity index (χ1v) is 21.7. The van der Waals surface area contributed by atoms with Crippen molar-refractivity contribution in [3.8, 4) is 5.75 Å². The van der Waals surface area contributed by atoms with E-state index in [1.54, 1.807) is 60.7 Å². The smallest absolute Gasteiger partial charge is 0.416 e. The van der Waals surface area contributed by atoms with Gasteiger partial charge in [-0.25, -0.2) is 4.79 Å².